The summed E-state index contributed by atoms with van der Waals surface area (Å²) in [4.78, 5) is 27.0. The van der Waals surface area contributed by atoms with Crippen molar-refractivity contribution < 1.29 is 20.2 Å². The molecule has 1 aromatic carbocycles. The molecule has 0 unspecified atom stereocenters. The summed E-state index contributed by atoms with van der Waals surface area (Å²) in [6.45, 7) is 0. The average molecular weight is 280 g/mol. The fourth-order valence-electron chi connectivity index (χ4n) is 1.83. The van der Waals surface area contributed by atoms with Gasteiger partial charge in [0.25, 0.3) is 5.56 Å². The molecule has 20 heavy (non-hydrogen) atoms. The number of benzene rings is 1. The second kappa shape index (κ2) is 4.70. The third-order valence-corrected chi connectivity index (χ3v) is 2.90. The molecule has 0 bridgehead atoms. The number of nitrogens with two attached hydrogens (primary N) is 1. The van der Waals surface area contributed by atoms with Gasteiger partial charge in [-0.3, -0.25) is 19.4 Å². The number of nitrogen functional groups attached to an aromatic ring is 1. The van der Waals surface area contributed by atoms with E-state index in [1.165, 1.54) is 12.5 Å². The van der Waals surface area contributed by atoms with E-state index in [9.17, 15) is 19.8 Å². The van der Waals surface area contributed by atoms with Crippen molar-refractivity contribution in [1.29, 1.82) is 0 Å². The largest absolute Gasteiger partial charge is 0.507 e. The fraction of sp³-hybridized carbons (Fsp3) is 0.182. The highest BCUT2D eigenvalue weighted by molar-refractivity contribution is 5.92. The maximum absolute atomic E-state index is 12.1. The molecule has 0 spiro atoms. The van der Waals surface area contributed by atoms with E-state index in [1.54, 1.807) is 0 Å². The monoisotopic (exact) mass is 280 g/mol. The molecule has 6 N–H and O–H groups in total. The smallest absolute Gasteiger partial charge is 0.266 e. The Bertz CT molecular complexity index is 768. The zero-order valence-electron chi connectivity index (χ0n) is 10.4. The van der Waals surface area contributed by atoms with Gasteiger partial charge in [0.15, 0.2) is 0 Å². The lowest BCUT2D eigenvalue weighted by atomic mass is 10.1. The summed E-state index contributed by atoms with van der Waals surface area (Å²) in [6.07, 6.45) is -0.417. The lowest BCUT2D eigenvalue weighted by molar-refractivity contribution is -0.128. The molecule has 0 saturated carbocycles. The van der Waals surface area contributed by atoms with Crippen LogP contribution >= 0.6 is 0 Å². The Hall–Kier alpha value is -2.81. The lowest BCUT2D eigenvalue weighted by Crippen LogP contribution is -2.23. The quantitative estimate of drug-likeness (QED) is 0.268. The van der Waals surface area contributed by atoms with Crippen molar-refractivity contribution in [2.24, 2.45) is 7.05 Å². The Labute approximate surface area is 111 Å². The zero-order valence-corrected chi connectivity index (χ0v) is 10.4. The molecule has 1 heterocycles. The van der Waals surface area contributed by atoms with Gasteiger partial charge in [-0.15, -0.1) is 0 Å². The molecule has 0 fully saturated rings. The molecule has 0 radical (unpaired) electrons. The van der Waals surface area contributed by atoms with Crippen LogP contribution in [0, 0.1) is 0 Å². The number of nitrogens with zero attached hydrogens (tertiary/aromatic N) is 2. The second-order valence-corrected chi connectivity index (χ2v) is 4.17. The first-order valence-corrected chi connectivity index (χ1v) is 5.49. The molecule has 0 saturated heterocycles. The molecule has 1 aromatic heterocycles. The first-order chi connectivity index (χ1) is 9.36. The SMILES string of the molecule is Cn1c(N)nc2c(O)cc(CC(=O)NO)c(O)c2c1=O. The van der Waals surface area contributed by atoms with Gasteiger partial charge in [-0.2, -0.15) is 0 Å². The number of amides is 1. The molecule has 2 rings (SSSR count). The summed E-state index contributed by atoms with van der Waals surface area (Å²) < 4.78 is 0.997. The van der Waals surface area contributed by atoms with Crippen LogP contribution in [0.5, 0.6) is 11.5 Å². The van der Waals surface area contributed by atoms with Crippen molar-refractivity contribution >= 4 is 22.8 Å². The predicted molar refractivity (Wildman–Crippen MR) is 68.4 cm³/mol. The van der Waals surface area contributed by atoms with Crippen LogP contribution in [0.4, 0.5) is 5.95 Å². The summed E-state index contributed by atoms with van der Waals surface area (Å²) in [6, 6.07) is 1.08. The average Bonchev–Trinajstić information content (AvgIpc) is 2.41. The number of hydrogen-bond donors (Lipinski definition) is 5. The van der Waals surface area contributed by atoms with Crippen LogP contribution in [-0.2, 0) is 18.3 Å². The van der Waals surface area contributed by atoms with E-state index in [0.717, 1.165) is 10.6 Å². The van der Waals surface area contributed by atoms with Gasteiger partial charge < -0.3 is 15.9 Å². The third kappa shape index (κ3) is 1.99. The molecule has 0 aliphatic carbocycles. The topological polar surface area (TPSA) is 151 Å². The molecule has 1 amide bonds. The number of anilines is 1. The lowest BCUT2D eigenvalue weighted by Gasteiger charge is -2.10. The Balaban J connectivity index is 2.81. The maximum atomic E-state index is 12.1. The number of nitrogens with one attached hydrogen (secondary N) is 1. The highest BCUT2D eigenvalue weighted by atomic mass is 16.5. The summed E-state index contributed by atoms with van der Waals surface area (Å²) in [7, 11) is 1.35. The van der Waals surface area contributed by atoms with E-state index in [1.807, 2.05) is 0 Å². The molecule has 2 aromatic rings. The first kappa shape index (κ1) is 13.6. The number of phenols is 2. The highest BCUT2D eigenvalue weighted by Crippen LogP contribution is 2.32. The molecular formula is C11H12N4O5. The summed E-state index contributed by atoms with van der Waals surface area (Å²) >= 11 is 0. The molecule has 0 aliphatic heterocycles. The van der Waals surface area contributed by atoms with Crippen LogP contribution in [0.25, 0.3) is 10.9 Å². The second-order valence-electron chi connectivity index (χ2n) is 4.17. The van der Waals surface area contributed by atoms with Gasteiger partial charge in [-0.05, 0) is 6.07 Å². The number of fused-ring (bicyclic) bond motifs is 1. The van der Waals surface area contributed by atoms with Gasteiger partial charge in [0, 0.05) is 12.6 Å². The number of carbonyl (C=O) groups is 1. The van der Waals surface area contributed by atoms with Crippen LogP contribution in [0.1, 0.15) is 5.56 Å². The van der Waals surface area contributed by atoms with E-state index in [0.29, 0.717) is 0 Å². The zero-order chi connectivity index (χ0) is 15.0. The fourth-order valence-corrected chi connectivity index (χ4v) is 1.83. The van der Waals surface area contributed by atoms with Crippen molar-refractivity contribution in [3.8, 4) is 11.5 Å². The molecule has 0 atom stereocenters. The Morgan fingerprint density at radius 2 is 2.15 bits per heavy atom. The van der Waals surface area contributed by atoms with E-state index >= 15 is 0 Å². The minimum absolute atomic E-state index is 0.0229. The van der Waals surface area contributed by atoms with Gasteiger partial charge >= 0.3 is 0 Å². The van der Waals surface area contributed by atoms with Gasteiger partial charge in [-0.25, -0.2) is 10.5 Å². The molecule has 106 valence electrons. The third-order valence-electron chi connectivity index (χ3n) is 2.90. The normalized spacial score (nSPS) is 10.7. The first-order valence-electron chi connectivity index (χ1n) is 5.49. The van der Waals surface area contributed by atoms with Crippen LogP contribution < -0.4 is 16.8 Å². The van der Waals surface area contributed by atoms with Crippen LogP contribution in [-0.4, -0.2) is 30.9 Å². The molecular weight excluding hydrogens is 268 g/mol. The molecule has 9 nitrogen and oxygen atoms in total. The molecule has 0 aliphatic rings. The summed E-state index contributed by atoms with van der Waals surface area (Å²) in [5, 5.41) is 28.1. The van der Waals surface area contributed by atoms with Gasteiger partial charge in [0.2, 0.25) is 11.9 Å². The predicted octanol–water partition coefficient (Wildman–Crippen LogP) is -1.03. The summed E-state index contributed by atoms with van der Waals surface area (Å²) in [5.41, 5.74) is 6.06. The summed E-state index contributed by atoms with van der Waals surface area (Å²) in [5.74, 6) is -1.82. The van der Waals surface area contributed by atoms with Crippen LogP contribution in [0.3, 0.4) is 0 Å². The minimum Gasteiger partial charge on any atom is -0.507 e. The Kier molecular flexibility index (Phi) is 3.20. The van der Waals surface area contributed by atoms with Crippen molar-refractivity contribution in [2.45, 2.75) is 6.42 Å². The van der Waals surface area contributed by atoms with Crippen molar-refractivity contribution in [3.63, 3.8) is 0 Å². The minimum atomic E-state index is -0.806. The standard InChI is InChI=1S/C11H12N4O5/c1-15-10(19)7-8(13-11(15)12)5(16)2-4(9(7)18)3-6(17)14-20/h2,16,18,20H,3H2,1H3,(H2,12,13)(H,14,17). The van der Waals surface area contributed by atoms with Gasteiger partial charge in [0.05, 0.1) is 6.42 Å². The number of hydrogen-bond acceptors (Lipinski definition) is 7. The van der Waals surface area contributed by atoms with Crippen molar-refractivity contribution in [1.82, 2.24) is 15.0 Å². The van der Waals surface area contributed by atoms with Crippen molar-refractivity contribution in [3.05, 3.63) is 22.0 Å². The number of carbonyl (C=O) groups excluding carboxylic acids is 1. The number of rotatable bonds is 2. The van der Waals surface area contributed by atoms with E-state index in [-0.39, 0.29) is 22.4 Å². The van der Waals surface area contributed by atoms with Gasteiger partial charge in [0.1, 0.15) is 22.4 Å². The van der Waals surface area contributed by atoms with Crippen LogP contribution in [0.2, 0.25) is 0 Å². The number of aromatic nitrogens is 2. The van der Waals surface area contributed by atoms with Crippen molar-refractivity contribution in [2.75, 3.05) is 5.73 Å². The van der Waals surface area contributed by atoms with E-state index in [2.05, 4.69) is 4.98 Å². The number of aromatic hydroxyl groups is 2. The number of hydroxylamine groups is 1. The van der Waals surface area contributed by atoms with Gasteiger partial charge in [-0.1, -0.05) is 0 Å². The maximum Gasteiger partial charge on any atom is 0.266 e. The molecule has 9 heteroatoms. The van der Waals surface area contributed by atoms with E-state index < -0.39 is 29.4 Å². The van der Waals surface area contributed by atoms with Crippen LogP contribution in [0.15, 0.2) is 10.9 Å². The highest BCUT2D eigenvalue weighted by Gasteiger charge is 2.19. The Morgan fingerprint density at radius 3 is 2.75 bits per heavy atom. The number of phenolic OH excluding ortho intramolecular Hbond substituents is 2. The van der Waals surface area contributed by atoms with E-state index in [4.69, 9.17) is 10.9 Å². The Morgan fingerprint density at radius 1 is 1.50 bits per heavy atom.